The quantitative estimate of drug-likeness (QED) is 0.385. The monoisotopic (exact) mass is 390 g/mol. The smallest absolute Gasteiger partial charge is 0.253 e. The summed E-state index contributed by atoms with van der Waals surface area (Å²) >= 11 is 0. The van der Waals surface area contributed by atoms with Crippen molar-refractivity contribution < 1.29 is 4.79 Å². The van der Waals surface area contributed by atoms with Crippen molar-refractivity contribution >= 4 is 49.5 Å². The molecule has 0 spiro atoms. The number of hydrogen-bond acceptors (Lipinski definition) is 2. The maximum absolute atomic E-state index is 13.3. The largest absolute Gasteiger partial charge is 0.354 e. The summed E-state index contributed by atoms with van der Waals surface area (Å²) in [5.41, 5.74) is 5.64. The van der Waals surface area contributed by atoms with Gasteiger partial charge in [-0.25, -0.2) is 0 Å². The van der Waals surface area contributed by atoms with Gasteiger partial charge in [-0.3, -0.25) is 9.78 Å². The van der Waals surface area contributed by atoms with Gasteiger partial charge in [0.1, 0.15) is 0 Å². The van der Waals surface area contributed by atoms with E-state index in [9.17, 15) is 4.79 Å². The van der Waals surface area contributed by atoms with Gasteiger partial charge in [0.05, 0.1) is 16.6 Å². The second-order valence-corrected chi connectivity index (χ2v) is 7.48. The topological polar surface area (TPSA) is 73.6 Å². The number of amides is 1. The highest BCUT2D eigenvalue weighted by molar-refractivity contribution is 6.28. The first-order chi connectivity index (χ1) is 14.8. The van der Waals surface area contributed by atoms with E-state index in [2.05, 4.69) is 38.5 Å². The molecule has 3 heterocycles. The minimum atomic E-state index is -0.101. The Kier molecular flexibility index (Phi) is 3.62. The molecule has 30 heavy (non-hydrogen) atoms. The number of H-pyrrole nitrogens is 2. The van der Waals surface area contributed by atoms with Crippen molar-refractivity contribution in [3.63, 3.8) is 0 Å². The molecule has 5 nitrogen and oxygen atoms in total. The highest BCUT2D eigenvalue weighted by Crippen LogP contribution is 2.37. The third-order valence-electron chi connectivity index (χ3n) is 5.71. The van der Waals surface area contributed by atoms with Crippen LogP contribution in [0.5, 0.6) is 0 Å². The molecule has 3 aromatic heterocycles. The van der Waals surface area contributed by atoms with Crippen molar-refractivity contribution in [2.24, 2.45) is 0 Å². The average Bonchev–Trinajstić information content (AvgIpc) is 3.36. The Morgan fingerprint density at radius 1 is 0.800 bits per heavy atom. The van der Waals surface area contributed by atoms with Crippen LogP contribution >= 0.6 is 0 Å². The van der Waals surface area contributed by atoms with Crippen molar-refractivity contribution in [3.05, 3.63) is 90.3 Å². The fourth-order valence-corrected chi connectivity index (χ4v) is 4.29. The SMILES string of the molecule is O=C(NCc1ccncc1)c1cc2c3ccccc3[nH]c2c2c1[nH]c1ccccc12. The third kappa shape index (κ3) is 2.49. The summed E-state index contributed by atoms with van der Waals surface area (Å²) in [7, 11) is 0. The summed E-state index contributed by atoms with van der Waals surface area (Å²) in [6.07, 6.45) is 3.46. The Balaban J connectivity index is 1.60. The molecule has 5 heteroatoms. The molecule has 0 fully saturated rings. The lowest BCUT2D eigenvalue weighted by molar-refractivity contribution is 0.0952. The number of hydrogen-bond donors (Lipinski definition) is 3. The zero-order valence-corrected chi connectivity index (χ0v) is 16.1. The number of rotatable bonds is 3. The molecule has 6 rings (SSSR count). The first kappa shape index (κ1) is 16.8. The summed E-state index contributed by atoms with van der Waals surface area (Å²) in [6, 6.07) is 22.2. The Bertz CT molecular complexity index is 1560. The fourth-order valence-electron chi connectivity index (χ4n) is 4.29. The second kappa shape index (κ2) is 6.46. The molecule has 0 unspecified atom stereocenters. The molecule has 0 bridgehead atoms. The van der Waals surface area contributed by atoms with E-state index in [4.69, 9.17) is 0 Å². The predicted octanol–water partition coefficient (Wildman–Crippen LogP) is 5.28. The van der Waals surface area contributed by atoms with Crippen LogP contribution in [-0.2, 0) is 6.54 Å². The molecule has 0 radical (unpaired) electrons. The van der Waals surface area contributed by atoms with Crippen LogP contribution in [0, 0.1) is 0 Å². The van der Waals surface area contributed by atoms with E-state index in [-0.39, 0.29) is 5.91 Å². The summed E-state index contributed by atoms with van der Waals surface area (Å²) < 4.78 is 0. The van der Waals surface area contributed by atoms with Crippen LogP contribution in [0.25, 0.3) is 43.6 Å². The van der Waals surface area contributed by atoms with E-state index < -0.39 is 0 Å². The van der Waals surface area contributed by atoms with Gasteiger partial charge < -0.3 is 15.3 Å². The van der Waals surface area contributed by atoms with Crippen LogP contribution in [0.3, 0.4) is 0 Å². The normalized spacial score (nSPS) is 11.6. The van der Waals surface area contributed by atoms with E-state index >= 15 is 0 Å². The van der Waals surface area contributed by atoms with Gasteiger partial charge >= 0.3 is 0 Å². The molecule has 0 aliphatic heterocycles. The minimum absolute atomic E-state index is 0.101. The number of fused-ring (bicyclic) bond motifs is 7. The zero-order valence-electron chi connectivity index (χ0n) is 16.1. The number of nitrogens with one attached hydrogen (secondary N) is 3. The second-order valence-electron chi connectivity index (χ2n) is 7.48. The molecule has 6 aromatic rings. The van der Waals surface area contributed by atoms with Gasteiger partial charge in [-0.05, 0) is 35.9 Å². The molecule has 0 saturated carbocycles. The first-order valence-corrected chi connectivity index (χ1v) is 9.90. The molecular weight excluding hydrogens is 372 g/mol. The van der Waals surface area contributed by atoms with Gasteiger partial charge in [0.25, 0.3) is 5.91 Å². The van der Waals surface area contributed by atoms with Crippen LogP contribution in [0.15, 0.2) is 79.1 Å². The number of benzene rings is 3. The molecule has 1 amide bonds. The molecule has 0 aliphatic carbocycles. The van der Waals surface area contributed by atoms with Crippen LogP contribution in [0.1, 0.15) is 15.9 Å². The Labute approximate surface area is 171 Å². The van der Waals surface area contributed by atoms with Crippen molar-refractivity contribution in [1.29, 1.82) is 0 Å². The minimum Gasteiger partial charge on any atom is -0.354 e. The van der Waals surface area contributed by atoms with Gasteiger partial charge in [0, 0.05) is 51.5 Å². The molecule has 3 aromatic carbocycles. The molecular formula is C25H18N4O. The fraction of sp³-hybridized carbons (Fsp3) is 0.0400. The van der Waals surface area contributed by atoms with Gasteiger partial charge in [0.2, 0.25) is 0 Å². The summed E-state index contributed by atoms with van der Waals surface area (Å²) in [4.78, 5) is 24.3. The molecule has 3 N–H and O–H groups in total. The third-order valence-corrected chi connectivity index (χ3v) is 5.71. The van der Waals surface area contributed by atoms with Crippen molar-refractivity contribution in [3.8, 4) is 0 Å². The molecule has 0 saturated heterocycles. The Morgan fingerprint density at radius 3 is 2.27 bits per heavy atom. The summed E-state index contributed by atoms with van der Waals surface area (Å²) in [5.74, 6) is -0.101. The maximum Gasteiger partial charge on any atom is 0.253 e. The van der Waals surface area contributed by atoms with E-state index in [1.54, 1.807) is 12.4 Å². The van der Waals surface area contributed by atoms with Crippen LogP contribution in [-0.4, -0.2) is 20.9 Å². The number of aromatic amines is 2. The lowest BCUT2D eigenvalue weighted by atomic mass is 10.0. The van der Waals surface area contributed by atoms with Gasteiger partial charge in [0.15, 0.2) is 0 Å². The van der Waals surface area contributed by atoms with E-state index in [0.29, 0.717) is 12.1 Å². The zero-order chi connectivity index (χ0) is 20.1. The van der Waals surface area contributed by atoms with Crippen LogP contribution in [0.2, 0.25) is 0 Å². The molecule has 0 aliphatic rings. The Morgan fingerprint density at radius 2 is 1.47 bits per heavy atom. The van der Waals surface area contributed by atoms with E-state index in [0.717, 1.165) is 49.2 Å². The number of carbonyl (C=O) groups is 1. The Hall–Kier alpha value is -4.12. The predicted molar refractivity (Wildman–Crippen MR) is 121 cm³/mol. The number of carbonyl (C=O) groups excluding carboxylic acids is 1. The highest BCUT2D eigenvalue weighted by atomic mass is 16.1. The van der Waals surface area contributed by atoms with Crippen LogP contribution < -0.4 is 5.32 Å². The number of para-hydroxylation sites is 2. The van der Waals surface area contributed by atoms with Crippen molar-refractivity contribution in [2.45, 2.75) is 6.54 Å². The molecule has 0 atom stereocenters. The van der Waals surface area contributed by atoms with E-state index in [1.807, 2.05) is 48.5 Å². The average molecular weight is 390 g/mol. The number of pyridine rings is 1. The number of aromatic nitrogens is 3. The maximum atomic E-state index is 13.3. The van der Waals surface area contributed by atoms with Crippen molar-refractivity contribution in [1.82, 2.24) is 20.3 Å². The summed E-state index contributed by atoms with van der Waals surface area (Å²) in [5, 5.41) is 7.38. The van der Waals surface area contributed by atoms with Crippen LogP contribution in [0.4, 0.5) is 0 Å². The summed E-state index contributed by atoms with van der Waals surface area (Å²) in [6.45, 7) is 0.453. The van der Waals surface area contributed by atoms with Gasteiger partial charge in [-0.15, -0.1) is 0 Å². The van der Waals surface area contributed by atoms with Gasteiger partial charge in [-0.2, -0.15) is 0 Å². The van der Waals surface area contributed by atoms with Gasteiger partial charge in [-0.1, -0.05) is 36.4 Å². The van der Waals surface area contributed by atoms with E-state index in [1.165, 1.54) is 0 Å². The lowest BCUT2D eigenvalue weighted by Crippen LogP contribution is -2.23. The lowest BCUT2D eigenvalue weighted by Gasteiger charge is -2.08. The van der Waals surface area contributed by atoms with Crippen molar-refractivity contribution in [2.75, 3.05) is 0 Å². The standard InChI is InChI=1S/C25H18N4O/c30-25(27-14-15-9-11-26-12-10-15)19-13-18-16-5-1-3-7-20(16)28-23(18)22-17-6-2-4-8-21(17)29-24(19)22/h1-13,28-29H,14H2,(H,27,30). The molecule has 144 valence electrons. The highest BCUT2D eigenvalue weighted by Gasteiger charge is 2.19. The first-order valence-electron chi connectivity index (χ1n) is 9.90. The number of nitrogens with zero attached hydrogens (tertiary/aromatic N) is 1.